The van der Waals surface area contributed by atoms with Crippen molar-refractivity contribution in [3.63, 3.8) is 0 Å². The van der Waals surface area contributed by atoms with Crippen LogP contribution in [0.1, 0.15) is 25.7 Å². The number of guanidine groups is 2. The molecule has 120 valence electrons. The molecule has 0 atom stereocenters. The van der Waals surface area contributed by atoms with Crippen LogP contribution in [0.4, 0.5) is 15.8 Å². The number of halogens is 1. The van der Waals surface area contributed by atoms with E-state index in [-0.39, 0.29) is 24.1 Å². The van der Waals surface area contributed by atoms with Crippen LogP contribution in [0.2, 0.25) is 0 Å². The SMILES string of the molecule is NC(N)=NC(N)=Nc1cc(F)ccc1NC1CCC(O)CC1. The number of hydrogen-bond donors (Lipinski definition) is 5. The molecule has 0 bridgehead atoms. The molecule has 8 heteroatoms. The van der Waals surface area contributed by atoms with Crippen LogP contribution < -0.4 is 22.5 Å². The van der Waals surface area contributed by atoms with Crippen molar-refractivity contribution in [1.82, 2.24) is 0 Å². The minimum Gasteiger partial charge on any atom is -0.393 e. The summed E-state index contributed by atoms with van der Waals surface area (Å²) in [6.07, 6.45) is 2.93. The number of anilines is 1. The maximum Gasteiger partial charge on any atom is 0.223 e. The quantitative estimate of drug-likeness (QED) is 0.415. The standard InChI is InChI=1S/C14H21FN6O/c15-8-1-6-11(19-9-2-4-10(22)5-3-9)12(7-8)20-14(18)21-13(16)17/h1,6-7,9-10,19,22H,2-5H2,(H6,16,17,18,20,21). The monoisotopic (exact) mass is 308 g/mol. The minimum atomic E-state index is -0.430. The van der Waals surface area contributed by atoms with Gasteiger partial charge in [-0.25, -0.2) is 9.38 Å². The molecular formula is C14H21FN6O. The summed E-state index contributed by atoms with van der Waals surface area (Å²) in [5, 5.41) is 12.8. The van der Waals surface area contributed by atoms with Gasteiger partial charge in [0.15, 0.2) is 5.96 Å². The van der Waals surface area contributed by atoms with Crippen molar-refractivity contribution in [2.75, 3.05) is 5.32 Å². The Labute approximate surface area is 128 Å². The number of aliphatic hydroxyl groups excluding tert-OH is 1. The Bertz CT molecular complexity index is 577. The van der Waals surface area contributed by atoms with Gasteiger partial charge in [-0.2, -0.15) is 4.99 Å². The smallest absolute Gasteiger partial charge is 0.223 e. The number of rotatable bonds is 3. The Morgan fingerprint density at radius 2 is 1.86 bits per heavy atom. The minimum absolute atomic E-state index is 0.146. The molecule has 1 saturated carbocycles. The van der Waals surface area contributed by atoms with E-state index in [2.05, 4.69) is 15.3 Å². The lowest BCUT2D eigenvalue weighted by molar-refractivity contribution is 0.126. The van der Waals surface area contributed by atoms with Crippen molar-refractivity contribution in [3.05, 3.63) is 24.0 Å². The lowest BCUT2D eigenvalue weighted by atomic mass is 9.93. The molecule has 0 saturated heterocycles. The molecule has 7 nitrogen and oxygen atoms in total. The molecule has 0 aliphatic heterocycles. The fraction of sp³-hybridized carbons (Fsp3) is 0.429. The summed E-state index contributed by atoms with van der Waals surface area (Å²) in [6, 6.07) is 4.40. The molecule has 0 heterocycles. The maximum absolute atomic E-state index is 13.4. The van der Waals surface area contributed by atoms with Gasteiger partial charge in [0.2, 0.25) is 5.96 Å². The Hall–Kier alpha value is -2.35. The average molecular weight is 308 g/mol. The molecule has 2 rings (SSSR count). The first-order chi connectivity index (χ1) is 10.4. The summed E-state index contributed by atoms with van der Waals surface area (Å²) in [4.78, 5) is 7.65. The molecule has 1 aromatic carbocycles. The van der Waals surface area contributed by atoms with E-state index in [0.29, 0.717) is 11.4 Å². The highest BCUT2D eigenvalue weighted by Crippen LogP contribution is 2.29. The van der Waals surface area contributed by atoms with Gasteiger partial charge in [0.05, 0.1) is 17.5 Å². The third kappa shape index (κ3) is 4.59. The predicted octanol–water partition coefficient (Wildman–Crippen LogP) is 0.761. The molecule has 1 aliphatic carbocycles. The lowest BCUT2D eigenvalue weighted by Gasteiger charge is -2.27. The van der Waals surface area contributed by atoms with Gasteiger partial charge in [-0.05, 0) is 37.8 Å². The zero-order valence-corrected chi connectivity index (χ0v) is 12.2. The van der Waals surface area contributed by atoms with Crippen molar-refractivity contribution < 1.29 is 9.50 Å². The van der Waals surface area contributed by atoms with E-state index < -0.39 is 5.82 Å². The average Bonchev–Trinajstić information content (AvgIpc) is 2.43. The van der Waals surface area contributed by atoms with Crippen molar-refractivity contribution in [1.29, 1.82) is 0 Å². The van der Waals surface area contributed by atoms with Gasteiger partial charge in [-0.15, -0.1) is 0 Å². The fourth-order valence-electron chi connectivity index (χ4n) is 2.44. The molecule has 0 unspecified atom stereocenters. The van der Waals surface area contributed by atoms with Gasteiger partial charge in [-0.1, -0.05) is 0 Å². The third-order valence-electron chi connectivity index (χ3n) is 3.49. The number of nitrogens with one attached hydrogen (secondary N) is 1. The maximum atomic E-state index is 13.4. The lowest BCUT2D eigenvalue weighted by Crippen LogP contribution is -2.28. The van der Waals surface area contributed by atoms with Crippen molar-refractivity contribution in [2.45, 2.75) is 37.8 Å². The second-order valence-electron chi connectivity index (χ2n) is 5.32. The molecule has 1 fully saturated rings. The Balaban J connectivity index is 2.19. The van der Waals surface area contributed by atoms with E-state index in [1.165, 1.54) is 12.1 Å². The molecule has 1 aromatic rings. The molecule has 0 aromatic heterocycles. The first kappa shape index (κ1) is 16.0. The number of benzene rings is 1. The van der Waals surface area contributed by atoms with Crippen LogP contribution in [-0.4, -0.2) is 29.2 Å². The Morgan fingerprint density at radius 3 is 2.50 bits per heavy atom. The van der Waals surface area contributed by atoms with Gasteiger partial charge in [-0.3, -0.25) is 0 Å². The van der Waals surface area contributed by atoms with Crippen LogP contribution in [-0.2, 0) is 0 Å². The van der Waals surface area contributed by atoms with E-state index in [1.54, 1.807) is 6.07 Å². The Morgan fingerprint density at radius 1 is 1.18 bits per heavy atom. The summed E-state index contributed by atoms with van der Waals surface area (Å²) in [5.41, 5.74) is 17.0. The predicted molar refractivity (Wildman–Crippen MR) is 85.4 cm³/mol. The second-order valence-corrected chi connectivity index (χ2v) is 5.32. The number of aliphatic imine (C=N–C) groups is 2. The molecule has 8 N–H and O–H groups in total. The highest BCUT2D eigenvalue weighted by atomic mass is 19.1. The van der Waals surface area contributed by atoms with Crippen molar-refractivity contribution in [3.8, 4) is 0 Å². The van der Waals surface area contributed by atoms with Gasteiger partial charge >= 0.3 is 0 Å². The molecule has 0 amide bonds. The molecule has 22 heavy (non-hydrogen) atoms. The van der Waals surface area contributed by atoms with Crippen LogP contribution in [0.15, 0.2) is 28.2 Å². The first-order valence-electron chi connectivity index (χ1n) is 7.12. The fourth-order valence-corrected chi connectivity index (χ4v) is 2.44. The van der Waals surface area contributed by atoms with Gasteiger partial charge < -0.3 is 27.6 Å². The topological polar surface area (TPSA) is 135 Å². The second kappa shape index (κ2) is 7.08. The van der Waals surface area contributed by atoms with Crippen LogP contribution in [0.25, 0.3) is 0 Å². The van der Waals surface area contributed by atoms with Crippen molar-refractivity contribution >= 4 is 23.3 Å². The summed E-state index contributed by atoms with van der Waals surface area (Å²) >= 11 is 0. The first-order valence-corrected chi connectivity index (χ1v) is 7.12. The van der Waals surface area contributed by atoms with E-state index in [4.69, 9.17) is 17.2 Å². The molecule has 0 radical (unpaired) electrons. The van der Waals surface area contributed by atoms with Gasteiger partial charge in [0.1, 0.15) is 5.82 Å². The van der Waals surface area contributed by atoms with Gasteiger partial charge in [0, 0.05) is 12.1 Å². The van der Waals surface area contributed by atoms with Crippen LogP contribution >= 0.6 is 0 Å². The van der Waals surface area contributed by atoms with E-state index >= 15 is 0 Å². The van der Waals surface area contributed by atoms with Crippen molar-refractivity contribution in [2.24, 2.45) is 27.2 Å². The molecular weight excluding hydrogens is 287 g/mol. The molecule has 1 aliphatic rings. The van der Waals surface area contributed by atoms with Crippen LogP contribution in [0.5, 0.6) is 0 Å². The van der Waals surface area contributed by atoms with E-state index in [1.807, 2.05) is 0 Å². The summed E-state index contributed by atoms with van der Waals surface area (Å²) in [7, 11) is 0. The normalized spacial score (nSPS) is 22.2. The highest BCUT2D eigenvalue weighted by Gasteiger charge is 2.20. The number of hydrogen-bond acceptors (Lipinski definition) is 3. The zero-order chi connectivity index (χ0) is 16.1. The number of aliphatic hydroxyl groups is 1. The van der Waals surface area contributed by atoms with E-state index in [0.717, 1.165) is 25.7 Å². The highest BCUT2D eigenvalue weighted by molar-refractivity contribution is 5.94. The third-order valence-corrected chi connectivity index (χ3v) is 3.49. The summed E-state index contributed by atoms with van der Waals surface area (Å²) < 4.78 is 13.4. The van der Waals surface area contributed by atoms with Crippen LogP contribution in [0, 0.1) is 5.82 Å². The number of nitrogens with zero attached hydrogens (tertiary/aromatic N) is 2. The summed E-state index contributed by atoms with van der Waals surface area (Å²) in [5.74, 6) is -0.790. The van der Waals surface area contributed by atoms with Crippen LogP contribution in [0.3, 0.4) is 0 Å². The number of nitrogens with two attached hydrogens (primary N) is 3. The largest absolute Gasteiger partial charge is 0.393 e. The Kier molecular flexibility index (Phi) is 5.16. The van der Waals surface area contributed by atoms with E-state index in [9.17, 15) is 9.50 Å². The summed E-state index contributed by atoms with van der Waals surface area (Å²) in [6.45, 7) is 0. The van der Waals surface area contributed by atoms with Gasteiger partial charge in [0.25, 0.3) is 0 Å². The molecule has 0 spiro atoms. The zero-order valence-electron chi connectivity index (χ0n) is 12.2.